The first kappa shape index (κ1) is 14.5. The van der Waals surface area contributed by atoms with Crippen LogP contribution in [-0.2, 0) is 4.79 Å². The normalized spacial score (nSPS) is 19.3. The molecule has 1 saturated carbocycles. The lowest BCUT2D eigenvalue weighted by molar-refractivity contribution is -0.121. The van der Waals surface area contributed by atoms with E-state index >= 15 is 0 Å². The minimum atomic E-state index is 0.117. The lowest BCUT2D eigenvalue weighted by atomic mass is 9.80. The Morgan fingerprint density at radius 1 is 1.35 bits per heavy atom. The Hall–Kier alpha value is -0.610. The average Bonchev–Trinajstić information content (AvgIpc) is 2.40. The number of carbonyl (C=O) groups excluding carboxylic acids is 1. The summed E-state index contributed by atoms with van der Waals surface area (Å²) in [5.74, 6) is 0.117. The van der Waals surface area contributed by atoms with Crippen molar-refractivity contribution in [1.82, 2.24) is 10.2 Å². The highest BCUT2D eigenvalue weighted by molar-refractivity contribution is 5.75. The molecule has 0 heterocycles. The number of carbonyl (C=O) groups is 1. The van der Waals surface area contributed by atoms with Gasteiger partial charge in [-0.1, -0.05) is 26.2 Å². The van der Waals surface area contributed by atoms with E-state index < -0.39 is 0 Å². The number of amides is 1. The molecule has 17 heavy (non-hydrogen) atoms. The van der Waals surface area contributed by atoms with Gasteiger partial charge < -0.3 is 11.1 Å². The molecule has 4 heteroatoms. The van der Waals surface area contributed by atoms with E-state index in [9.17, 15) is 4.79 Å². The highest BCUT2D eigenvalue weighted by Crippen LogP contribution is 2.32. The SMILES string of the molecule is CCN(CCC(=O)NC)C1(CN)CCCCC1. The summed E-state index contributed by atoms with van der Waals surface area (Å²) >= 11 is 0. The molecule has 1 fully saturated rings. The van der Waals surface area contributed by atoms with E-state index in [0.717, 1.165) is 13.1 Å². The molecule has 1 amide bonds. The summed E-state index contributed by atoms with van der Waals surface area (Å²) in [6.45, 7) is 4.69. The zero-order valence-corrected chi connectivity index (χ0v) is 11.3. The van der Waals surface area contributed by atoms with Gasteiger partial charge in [0.1, 0.15) is 0 Å². The highest BCUT2D eigenvalue weighted by atomic mass is 16.1. The van der Waals surface area contributed by atoms with Gasteiger partial charge >= 0.3 is 0 Å². The molecule has 0 aromatic heterocycles. The molecule has 100 valence electrons. The van der Waals surface area contributed by atoms with Crippen LogP contribution >= 0.6 is 0 Å². The molecule has 0 bridgehead atoms. The van der Waals surface area contributed by atoms with Gasteiger partial charge in [0.2, 0.25) is 5.91 Å². The summed E-state index contributed by atoms with van der Waals surface area (Å²) in [5.41, 5.74) is 6.17. The van der Waals surface area contributed by atoms with Crippen LogP contribution in [0.4, 0.5) is 0 Å². The Labute approximate surface area is 105 Å². The predicted octanol–water partition coefficient (Wildman–Crippen LogP) is 1.11. The van der Waals surface area contributed by atoms with Crippen molar-refractivity contribution >= 4 is 5.91 Å². The van der Waals surface area contributed by atoms with Gasteiger partial charge in [-0.25, -0.2) is 0 Å². The first-order valence-corrected chi connectivity index (χ1v) is 6.84. The zero-order chi connectivity index (χ0) is 12.7. The van der Waals surface area contributed by atoms with E-state index in [4.69, 9.17) is 5.73 Å². The first-order chi connectivity index (χ1) is 8.18. The minimum absolute atomic E-state index is 0.117. The number of hydrogen-bond acceptors (Lipinski definition) is 3. The third-order valence-electron chi connectivity index (χ3n) is 4.10. The summed E-state index contributed by atoms with van der Waals surface area (Å²) in [7, 11) is 1.69. The van der Waals surface area contributed by atoms with Crippen LogP contribution < -0.4 is 11.1 Å². The van der Waals surface area contributed by atoms with Crippen molar-refractivity contribution in [2.45, 2.75) is 51.0 Å². The smallest absolute Gasteiger partial charge is 0.221 e. The van der Waals surface area contributed by atoms with Crippen LogP contribution in [0, 0.1) is 0 Å². The van der Waals surface area contributed by atoms with Crippen molar-refractivity contribution in [2.75, 3.05) is 26.7 Å². The highest BCUT2D eigenvalue weighted by Gasteiger charge is 2.35. The maximum Gasteiger partial charge on any atom is 0.221 e. The zero-order valence-electron chi connectivity index (χ0n) is 11.3. The van der Waals surface area contributed by atoms with Crippen molar-refractivity contribution in [3.8, 4) is 0 Å². The fourth-order valence-corrected chi connectivity index (χ4v) is 2.95. The summed E-state index contributed by atoms with van der Waals surface area (Å²) in [6, 6.07) is 0. The van der Waals surface area contributed by atoms with Gasteiger partial charge in [0.15, 0.2) is 0 Å². The van der Waals surface area contributed by atoms with E-state index in [2.05, 4.69) is 17.1 Å². The number of likely N-dealkylation sites (N-methyl/N-ethyl adjacent to an activating group) is 1. The van der Waals surface area contributed by atoms with E-state index in [0.29, 0.717) is 13.0 Å². The predicted molar refractivity (Wildman–Crippen MR) is 70.8 cm³/mol. The molecule has 0 atom stereocenters. The van der Waals surface area contributed by atoms with Gasteiger partial charge in [0, 0.05) is 32.1 Å². The van der Waals surface area contributed by atoms with Crippen LogP contribution in [0.1, 0.15) is 45.4 Å². The number of nitrogens with zero attached hydrogens (tertiary/aromatic N) is 1. The van der Waals surface area contributed by atoms with Crippen molar-refractivity contribution < 1.29 is 4.79 Å². The number of nitrogens with two attached hydrogens (primary N) is 1. The quantitative estimate of drug-likeness (QED) is 0.732. The Kier molecular flexibility index (Phi) is 5.92. The summed E-state index contributed by atoms with van der Waals surface area (Å²) in [6.07, 6.45) is 6.82. The van der Waals surface area contributed by atoms with Gasteiger partial charge in [0.05, 0.1) is 0 Å². The Morgan fingerprint density at radius 2 is 2.00 bits per heavy atom. The lowest BCUT2D eigenvalue weighted by Crippen LogP contribution is -2.55. The van der Waals surface area contributed by atoms with Gasteiger partial charge in [0.25, 0.3) is 0 Å². The summed E-state index contributed by atoms with van der Waals surface area (Å²) in [4.78, 5) is 13.8. The van der Waals surface area contributed by atoms with E-state index in [1.807, 2.05) is 0 Å². The number of hydrogen-bond donors (Lipinski definition) is 2. The lowest BCUT2D eigenvalue weighted by Gasteiger charge is -2.45. The van der Waals surface area contributed by atoms with Gasteiger partial charge in [-0.15, -0.1) is 0 Å². The second kappa shape index (κ2) is 6.97. The van der Waals surface area contributed by atoms with Gasteiger partial charge in [-0.2, -0.15) is 0 Å². The van der Waals surface area contributed by atoms with Crippen LogP contribution in [0.5, 0.6) is 0 Å². The molecule has 0 aliphatic heterocycles. The molecule has 0 saturated heterocycles. The second-order valence-corrected chi connectivity index (χ2v) is 4.99. The number of nitrogens with one attached hydrogen (secondary N) is 1. The third kappa shape index (κ3) is 3.68. The van der Waals surface area contributed by atoms with E-state index in [1.165, 1.54) is 32.1 Å². The maximum atomic E-state index is 11.3. The fraction of sp³-hybridized carbons (Fsp3) is 0.923. The van der Waals surface area contributed by atoms with Crippen molar-refractivity contribution in [1.29, 1.82) is 0 Å². The first-order valence-electron chi connectivity index (χ1n) is 6.84. The number of rotatable bonds is 6. The topological polar surface area (TPSA) is 58.4 Å². The summed E-state index contributed by atoms with van der Waals surface area (Å²) < 4.78 is 0. The van der Waals surface area contributed by atoms with Crippen LogP contribution in [0.25, 0.3) is 0 Å². The molecule has 0 aromatic carbocycles. The molecular formula is C13H27N3O. The standard InChI is InChI=1S/C13H27N3O/c1-3-16(10-7-12(17)15-2)13(11-14)8-5-4-6-9-13/h3-11,14H2,1-2H3,(H,15,17). The fourth-order valence-electron chi connectivity index (χ4n) is 2.95. The van der Waals surface area contributed by atoms with Gasteiger partial charge in [-0.05, 0) is 19.4 Å². The molecule has 1 aliphatic carbocycles. The Balaban J connectivity index is 2.59. The summed E-state index contributed by atoms with van der Waals surface area (Å²) in [5, 5.41) is 2.68. The largest absolute Gasteiger partial charge is 0.359 e. The monoisotopic (exact) mass is 241 g/mol. The molecule has 0 spiro atoms. The molecule has 0 radical (unpaired) electrons. The van der Waals surface area contributed by atoms with Crippen LogP contribution in [0.3, 0.4) is 0 Å². The molecule has 4 nitrogen and oxygen atoms in total. The molecular weight excluding hydrogens is 214 g/mol. The van der Waals surface area contributed by atoms with Crippen LogP contribution in [-0.4, -0.2) is 43.0 Å². The van der Waals surface area contributed by atoms with E-state index in [1.54, 1.807) is 7.05 Å². The van der Waals surface area contributed by atoms with Crippen molar-refractivity contribution in [2.24, 2.45) is 5.73 Å². The molecule has 1 aliphatic rings. The van der Waals surface area contributed by atoms with Crippen LogP contribution in [0.15, 0.2) is 0 Å². The van der Waals surface area contributed by atoms with Gasteiger partial charge in [-0.3, -0.25) is 9.69 Å². The van der Waals surface area contributed by atoms with Crippen molar-refractivity contribution in [3.63, 3.8) is 0 Å². The second-order valence-electron chi connectivity index (χ2n) is 4.99. The minimum Gasteiger partial charge on any atom is -0.359 e. The maximum absolute atomic E-state index is 11.3. The Morgan fingerprint density at radius 3 is 2.47 bits per heavy atom. The molecule has 3 N–H and O–H groups in total. The van der Waals surface area contributed by atoms with Crippen molar-refractivity contribution in [3.05, 3.63) is 0 Å². The van der Waals surface area contributed by atoms with Crippen LogP contribution in [0.2, 0.25) is 0 Å². The molecule has 0 aromatic rings. The molecule has 0 unspecified atom stereocenters. The molecule has 1 rings (SSSR count). The van der Waals surface area contributed by atoms with E-state index in [-0.39, 0.29) is 11.4 Å². The average molecular weight is 241 g/mol. The Bertz CT molecular complexity index is 237. The third-order valence-corrected chi connectivity index (χ3v) is 4.10.